The maximum Gasteiger partial charge on any atom is 0.236 e. The topological polar surface area (TPSA) is 53.6 Å². The summed E-state index contributed by atoms with van der Waals surface area (Å²) in [5, 5.41) is 6.05. The zero-order valence-electron chi connectivity index (χ0n) is 12.0. The lowest BCUT2D eigenvalue weighted by Crippen LogP contribution is -2.52. The van der Waals surface area contributed by atoms with Crippen molar-refractivity contribution >= 4 is 5.91 Å². The van der Waals surface area contributed by atoms with Crippen LogP contribution in [0.3, 0.4) is 0 Å². The molecule has 1 atom stereocenters. The van der Waals surface area contributed by atoms with E-state index < -0.39 is 0 Å². The third-order valence-corrected chi connectivity index (χ3v) is 3.05. The molecule has 17 heavy (non-hydrogen) atoms. The van der Waals surface area contributed by atoms with E-state index in [0.717, 1.165) is 6.54 Å². The van der Waals surface area contributed by atoms with Gasteiger partial charge in [-0.15, -0.1) is 0 Å². The Bertz CT molecular complexity index is 230. The fourth-order valence-electron chi connectivity index (χ4n) is 1.08. The number of amides is 1. The quantitative estimate of drug-likeness (QED) is 0.594. The number of nitrogens with zero attached hydrogens (tertiary/aromatic N) is 1. The first kappa shape index (κ1) is 16.4. The van der Waals surface area contributed by atoms with Crippen molar-refractivity contribution in [1.82, 2.24) is 15.5 Å². The van der Waals surface area contributed by atoms with Crippen LogP contribution in [0.4, 0.5) is 0 Å². The molecule has 0 bridgehead atoms. The molecule has 0 aromatic rings. The number of carbonyl (C=O) groups excluding carboxylic acids is 1. The summed E-state index contributed by atoms with van der Waals surface area (Å²) in [6.07, 6.45) is 0. The van der Waals surface area contributed by atoms with Gasteiger partial charge in [0.1, 0.15) is 0 Å². The average Bonchev–Trinajstić information content (AvgIpc) is 2.26. The number of carbonyl (C=O) groups is 1. The van der Waals surface area contributed by atoms with Gasteiger partial charge in [-0.3, -0.25) is 4.79 Å². The van der Waals surface area contributed by atoms with E-state index in [2.05, 4.69) is 29.4 Å². The Balaban J connectivity index is 3.92. The maximum atomic E-state index is 11.7. The van der Waals surface area contributed by atoms with E-state index >= 15 is 0 Å². The Morgan fingerprint density at radius 1 is 1.41 bits per heavy atom. The minimum absolute atomic E-state index is 0.0107. The molecule has 0 rings (SSSR count). The summed E-state index contributed by atoms with van der Waals surface area (Å²) < 4.78 is 4.88. The summed E-state index contributed by atoms with van der Waals surface area (Å²) in [6.45, 7) is 8.00. The Hall–Kier alpha value is -0.650. The normalized spacial score (nSPS) is 13.8. The predicted molar refractivity (Wildman–Crippen MR) is 70.1 cm³/mol. The van der Waals surface area contributed by atoms with Crippen molar-refractivity contribution in [3.05, 3.63) is 0 Å². The largest absolute Gasteiger partial charge is 0.383 e. The molecule has 0 saturated carbocycles. The molecule has 0 saturated heterocycles. The average molecular weight is 245 g/mol. The molecule has 0 heterocycles. The number of likely N-dealkylation sites (N-methyl/N-ethyl adjacent to an activating group) is 1. The van der Waals surface area contributed by atoms with Gasteiger partial charge >= 0.3 is 0 Å². The van der Waals surface area contributed by atoms with Gasteiger partial charge in [0.25, 0.3) is 0 Å². The number of ether oxygens (including phenoxy) is 1. The van der Waals surface area contributed by atoms with Crippen LogP contribution in [0, 0.1) is 0 Å². The van der Waals surface area contributed by atoms with E-state index in [9.17, 15) is 4.79 Å². The molecule has 0 aliphatic heterocycles. The molecule has 0 aliphatic carbocycles. The number of hydrogen-bond donors (Lipinski definition) is 2. The van der Waals surface area contributed by atoms with Crippen LogP contribution in [0.5, 0.6) is 0 Å². The second-order valence-electron chi connectivity index (χ2n) is 5.09. The monoisotopic (exact) mass is 245 g/mol. The molecule has 0 aromatic carbocycles. The van der Waals surface area contributed by atoms with Gasteiger partial charge in [0, 0.05) is 25.7 Å². The van der Waals surface area contributed by atoms with Gasteiger partial charge in [0.05, 0.1) is 12.6 Å². The lowest BCUT2D eigenvalue weighted by Gasteiger charge is -2.33. The highest BCUT2D eigenvalue weighted by Gasteiger charge is 2.22. The minimum atomic E-state index is -0.189. The van der Waals surface area contributed by atoms with Crippen LogP contribution < -0.4 is 10.6 Å². The molecule has 1 amide bonds. The van der Waals surface area contributed by atoms with Crippen LogP contribution in [0.1, 0.15) is 20.8 Å². The summed E-state index contributed by atoms with van der Waals surface area (Å²) in [4.78, 5) is 13.8. The summed E-state index contributed by atoms with van der Waals surface area (Å²) in [7, 11) is 5.68. The fraction of sp³-hybridized carbons (Fsp3) is 0.917. The Morgan fingerprint density at radius 2 is 2.00 bits per heavy atom. The highest BCUT2D eigenvalue weighted by molar-refractivity contribution is 5.81. The fourth-order valence-corrected chi connectivity index (χ4v) is 1.08. The van der Waals surface area contributed by atoms with Crippen LogP contribution in [0.15, 0.2) is 0 Å². The van der Waals surface area contributed by atoms with Crippen LogP contribution >= 0.6 is 0 Å². The molecule has 0 spiro atoms. The molecule has 0 aromatic heterocycles. The molecule has 5 nitrogen and oxygen atoms in total. The van der Waals surface area contributed by atoms with E-state index in [1.165, 1.54) is 0 Å². The number of nitrogens with one attached hydrogen (secondary N) is 2. The van der Waals surface area contributed by atoms with Crippen LogP contribution in [-0.2, 0) is 9.53 Å². The van der Waals surface area contributed by atoms with E-state index in [1.54, 1.807) is 7.11 Å². The Kier molecular flexibility index (Phi) is 7.34. The number of hydrogen-bond acceptors (Lipinski definition) is 4. The Morgan fingerprint density at radius 3 is 2.47 bits per heavy atom. The second-order valence-corrected chi connectivity index (χ2v) is 5.09. The van der Waals surface area contributed by atoms with Gasteiger partial charge in [0.2, 0.25) is 5.91 Å². The second kappa shape index (κ2) is 7.63. The van der Waals surface area contributed by atoms with Gasteiger partial charge in [-0.2, -0.15) is 0 Å². The zero-order valence-corrected chi connectivity index (χ0v) is 12.0. The number of rotatable bonds is 8. The molecule has 5 heteroatoms. The van der Waals surface area contributed by atoms with E-state index in [-0.39, 0.29) is 17.5 Å². The maximum absolute atomic E-state index is 11.7. The van der Waals surface area contributed by atoms with E-state index in [1.807, 2.05) is 21.0 Å². The highest BCUT2D eigenvalue weighted by atomic mass is 16.5. The van der Waals surface area contributed by atoms with Gasteiger partial charge in [-0.05, 0) is 34.9 Å². The lowest BCUT2D eigenvalue weighted by atomic mass is 10.0. The number of methoxy groups -OCH3 is 1. The summed E-state index contributed by atoms with van der Waals surface area (Å²) in [5.74, 6) is 0.0107. The minimum Gasteiger partial charge on any atom is -0.383 e. The van der Waals surface area contributed by atoms with Crippen LogP contribution in [-0.4, -0.2) is 63.3 Å². The lowest BCUT2D eigenvalue weighted by molar-refractivity contribution is -0.123. The Labute approximate surface area is 105 Å². The van der Waals surface area contributed by atoms with E-state index in [4.69, 9.17) is 4.74 Å². The van der Waals surface area contributed by atoms with E-state index in [0.29, 0.717) is 13.2 Å². The SMILES string of the molecule is COCCNC(=O)C(C)NCC(C)(C)N(C)C. The van der Waals surface area contributed by atoms with Crippen molar-refractivity contribution in [3.8, 4) is 0 Å². The van der Waals surface area contributed by atoms with Gasteiger partial charge in [0.15, 0.2) is 0 Å². The highest BCUT2D eigenvalue weighted by Crippen LogP contribution is 2.07. The smallest absolute Gasteiger partial charge is 0.236 e. The molecule has 0 fully saturated rings. The van der Waals surface area contributed by atoms with Crippen molar-refractivity contribution in [3.63, 3.8) is 0 Å². The summed E-state index contributed by atoms with van der Waals surface area (Å²) in [6, 6.07) is -0.189. The van der Waals surface area contributed by atoms with Gasteiger partial charge in [-0.1, -0.05) is 0 Å². The van der Waals surface area contributed by atoms with Crippen LogP contribution in [0.25, 0.3) is 0 Å². The first-order valence-electron chi connectivity index (χ1n) is 5.98. The van der Waals surface area contributed by atoms with Crippen molar-refractivity contribution in [2.24, 2.45) is 0 Å². The van der Waals surface area contributed by atoms with Crippen molar-refractivity contribution < 1.29 is 9.53 Å². The molecule has 102 valence electrons. The first-order chi connectivity index (χ1) is 7.81. The van der Waals surface area contributed by atoms with Crippen LogP contribution in [0.2, 0.25) is 0 Å². The molecule has 0 radical (unpaired) electrons. The third-order valence-electron chi connectivity index (χ3n) is 3.05. The molecule has 2 N–H and O–H groups in total. The molecular weight excluding hydrogens is 218 g/mol. The molecule has 1 unspecified atom stereocenters. The third kappa shape index (κ3) is 6.61. The predicted octanol–water partition coefficient (Wildman–Crippen LogP) is 0.0673. The first-order valence-corrected chi connectivity index (χ1v) is 5.98. The summed E-state index contributed by atoms with van der Waals surface area (Å²) >= 11 is 0. The molecule has 0 aliphatic rings. The van der Waals surface area contributed by atoms with Gasteiger partial charge < -0.3 is 20.3 Å². The van der Waals surface area contributed by atoms with Gasteiger partial charge in [-0.25, -0.2) is 0 Å². The molecular formula is C12H27N3O2. The van der Waals surface area contributed by atoms with Crippen molar-refractivity contribution in [1.29, 1.82) is 0 Å². The summed E-state index contributed by atoms with van der Waals surface area (Å²) in [5.41, 5.74) is 0.0288. The van der Waals surface area contributed by atoms with Crippen molar-refractivity contribution in [2.75, 3.05) is 40.9 Å². The van der Waals surface area contributed by atoms with Crippen molar-refractivity contribution in [2.45, 2.75) is 32.4 Å². The standard InChI is InChI=1S/C12H27N3O2/c1-10(11(16)13-7-8-17-6)14-9-12(2,3)15(4)5/h10,14H,7-9H2,1-6H3,(H,13,16). The zero-order chi connectivity index (χ0) is 13.5.